The smallest absolute Gasteiger partial charge is 0.241 e. The van der Waals surface area contributed by atoms with Crippen LogP contribution >= 0.6 is 0 Å². The first kappa shape index (κ1) is 15.5. The molecule has 1 aromatic rings. The van der Waals surface area contributed by atoms with Gasteiger partial charge in [0.25, 0.3) is 0 Å². The van der Waals surface area contributed by atoms with Crippen LogP contribution in [0.5, 0.6) is 0 Å². The van der Waals surface area contributed by atoms with Crippen LogP contribution in [0.4, 0.5) is 5.69 Å². The molecule has 0 heterocycles. The summed E-state index contributed by atoms with van der Waals surface area (Å²) < 4.78 is 23.7. The van der Waals surface area contributed by atoms with Crippen molar-refractivity contribution >= 4 is 21.4 Å². The summed E-state index contributed by atoms with van der Waals surface area (Å²) in [7, 11) is -1.61. The Morgan fingerprint density at radius 2 is 1.84 bits per heavy atom. The predicted octanol–water partition coefficient (Wildman–Crippen LogP) is 1.42. The van der Waals surface area contributed by atoms with Gasteiger partial charge in [-0.2, -0.15) is 0 Å². The van der Waals surface area contributed by atoms with E-state index in [4.69, 9.17) is 0 Å². The van der Waals surface area contributed by atoms with E-state index in [-0.39, 0.29) is 17.7 Å². The lowest BCUT2D eigenvalue weighted by Crippen LogP contribution is -2.35. The summed E-state index contributed by atoms with van der Waals surface area (Å²) >= 11 is 0. The van der Waals surface area contributed by atoms with E-state index < -0.39 is 9.84 Å². The van der Waals surface area contributed by atoms with Gasteiger partial charge >= 0.3 is 0 Å². The molecule has 0 spiro atoms. The number of benzene rings is 1. The van der Waals surface area contributed by atoms with Crippen LogP contribution in [-0.2, 0) is 14.6 Å². The number of rotatable bonds is 6. The van der Waals surface area contributed by atoms with E-state index in [0.717, 1.165) is 0 Å². The van der Waals surface area contributed by atoms with Crippen molar-refractivity contribution in [3.63, 3.8) is 0 Å². The third-order valence-electron chi connectivity index (χ3n) is 2.71. The van der Waals surface area contributed by atoms with Crippen molar-refractivity contribution < 1.29 is 13.2 Å². The summed E-state index contributed by atoms with van der Waals surface area (Å²) in [5.74, 6) is 0.0247. The number of likely N-dealkylation sites (N-methyl/N-ethyl adjacent to an activating group) is 1. The van der Waals surface area contributed by atoms with Crippen LogP contribution in [0.1, 0.15) is 20.3 Å². The molecular weight excluding hydrogens is 264 g/mol. The van der Waals surface area contributed by atoms with Gasteiger partial charge in [-0.3, -0.25) is 4.79 Å². The van der Waals surface area contributed by atoms with E-state index >= 15 is 0 Å². The highest BCUT2D eigenvalue weighted by molar-refractivity contribution is 7.91. The minimum atomic E-state index is -3.18. The maximum Gasteiger partial charge on any atom is 0.241 e. The zero-order valence-electron chi connectivity index (χ0n) is 11.4. The first-order valence-electron chi connectivity index (χ1n) is 6.21. The summed E-state index contributed by atoms with van der Waals surface area (Å²) in [6.45, 7) is 3.57. The Hall–Kier alpha value is -1.56. The van der Waals surface area contributed by atoms with E-state index in [1.54, 1.807) is 38.2 Å². The van der Waals surface area contributed by atoms with Gasteiger partial charge in [0.15, 0.2) is 9.84 Å². The molecular formula is C13H20N2O3S. The molecule has 0 aliphatic carbocycles. The summed E-state index contributed by atoms with van der Waals surface area (Å²) in [6.07, 6.45) is 0.593. The average Bonchev–Trinajstić information content (AvgIpc) is 2.38. The number of sulfone groups is 1. The van der Waals surface area contributed by atoms with Gasteiger partial charge in [0, 0.05) is 12.7 Å². The quantitative estimate of drug-likeness (QED) is 0.828. The summed E-state index contributed by atoms with van der Waals surface area (Å²) in [4.78, 5) is 11.7. The second-order valence-corrected chi connectivity index (χ2v) is 6.43. The molecule has 19 heavy (non-hydrogen) atoms. The highest BCUT2D eigenvalue weighted by Gasteiger charge is 2.14. The maximum absolute atomic E-state index is 11.8. The number of amides is 1. The van der Waals surface area contributed by atoms with Crippen LogP contribution < -0.4 is 10.6 Å². The monoisotopic (exact) mass is 284 g/mol. The molecule has 0 aromatic heterocycles. The molecule has 0 saturated carbocycles. The van der Waals surface area contributed by atoms with Crippen LogP contribution in [0.25, 0.3) is 0 Å². The number of nitrogens with one attached hydrogen (secondary N) is 2. The Kier molecular flexibility index (Phi) is 5.35. The van der Waals surface area contributed by atoms with Crippen molar-refractivity contribution in [1.29, 1.82) is 0 Å². The van der Waals surface area contributed by atoms with Crippen molar-refractivity contribution in [2.45, 2.75) is 31.2 Å². The fourth-order valence-electron chi connectivity index (χ4n) is 1.68. The molecule has 0 radical (unpaired) electrons. The van der Waals surface area contributed by atoms with E-state index in [9.17, 15) is 13.2 Å². The molecule has 0 saturated heterocycles. The molecule has 0 aliphatic rings. The minimum Gasteiger partial charge on any atom is -0.374 e. The molecule has 1 rings (SSSR count). The van der Waals surface area contributed by atoms with E-state index in [1.165, 1.54) is 0 Å². The molecule has 0 fully saturated rings. The van der Waals surface area contributed by atoms with Gasteiger partial charge < -0.3 is 10.6 Å². The van der Waals surface area contributed by atoms with Gasteiger partial charge in [-0.05, 0) is 37.6 Å². The summed E-state index contributed by atoms with van der Waals surface area (Å²) in [6, 6.07) is 6.08. The molecule has 0 aliphatic heterocycles. The minimum absolute atomic E-state index is 0.123. The number of carbonyl (C=O) groups is 1. The Morgan fingerprint density at radius 3 is 2.32 bits per heavy atom. The van der Waals surface area contributed by atoms with Crippen molar-refractivity contribution in [2.24, 2.45) is 0 Å². The van der Waals surface area contributed by atoms with Crippen LogP contribution in [0.3, 0.4) is 0 Å². The molecule has 0 bridgehead atoms. The standard InChI is InChI=1S/C13H20N2O3S/c1-4-9-19(17,18)12-7-5-11(6-8-12)15-10(2)13(16)14-3/h5-8,10,15H,4,9H2,1-3H3,(H,14,16). The lowest BCUT2D eigenvalue weighted by Gasteiger charge is -2.14. The van der Waals surface area contributed by atoms with Gasteiger partial charge in [-0.1, -0.05) is 6.92 Å². The maximum atomic E-state index is 11.8. The third kappa shape index (κ3) is 4.24. The molecule has 1 unspecified atom stereocenters. The molecule has 1 amide bonds. The first-order valence-corrected chi connectivity index (χ1v) is 7.87. The van der Waals surface area contributed by atoms with E-state index in [0.29, 0.717) is 17.0 Å². The van der Waals surface area contributed by atoms with Crippen LogP contribution in [0.15, 0.2) is 29.2 Å². The van der Waals surface area contributed by atoms with Gasteiger partial charge in [-0.25, -0.2) is 8.42 Å². The summed E-state index contributed by atoms with van der Waals surface area (Å²) in [5, 5.41) is 5.54. The van der Waals surface area contributed by atoms with Gasteiger partial charge in [0.1, 0.15) is 6.04 Å². The molecule has 5 nitrogen and oxygen atoms in total. The lowest BCUT2D eigenvalue weighted by molar-refractivity contribution is -0.121. The fourth-order valence-corrected chi connectivity index (χ4v) is 3.00. The predicted molar refractivity (Wildman–Crippen MR) is 75.9 cm³/mol. The number of hydrogen-bond donors (Lipinski definition) is 2. The second-order valence-electron chi connectivity index (χ2n) is 4.32. The van der Waals surface area contributed by atoms with E-state index in [2.05, 4.69) is 10.6 Å². The van der Waals surface area contributed by atoms with Gasteiger partial charge in [-0.15, -0.1) is 0 Å². The first-order chi connectivity index (χ1) is 8.90. The topological polar surface area (TPSA) is 75.3 Å². The largest absolute Gasteiger partial charge is 0.374 e. The van der Waals surface area contributed by atoms with Gasteiger partial charge in [0.05, 0.1) is 10.6 Å². The summed E-state index contributed by atoms with van der Waals surface area (Å²) in [5.41, 5.74) is 0.714. The molecule has 6 heteroatoms. The molecule has 2 N–H and O–H groups in total. The SMILES string of the molecule is CCCS(=O)(=O)c1ccc(NC(C)C(=O)NC)cc1. The second kappa shape index (κ2) is 6.56. The molecule has 1 aromatic carbocycles. The van der Waals surface area contributed by atoms with Crippen molar-refractivity contribution in [1.82, 2.24) is 5.32 Å². The highest BCUT2D eigenvalue weighted by Crippen LogP contribution is 2.16. The zero-order chi connectivity index (χ0) is 14.5. The zero-order valence-corrected chi connectivity index (χ0v) is 12.3. The molecule has 1 atom stereocenters. The number of anilines is 1. The van der Waals surface area contributed by atoms with Crippen molar-refractivity contribution in [3.8, 4) is 0 Å². The number of hydrogen-bond acceptors (Lipinski definition) is 4. The Bertz CT molecular complexity index is 523. The highest BCUT2D eigenvalue weighted by atomic mass is 32.2. The van der Waals surface area contributed by atoms with Crippen LogP contribution in [0, 0.1) is 0 Å². The van der Waals surface area contributed by atoms with Crippen molar-refractivity contribution in [2.75, 3.05) is 18.1 Å². The van der Waals surface area contributed by atoms with Gasteiger partial charge in [0.2, 0.25) is 5.91 Å². The lowest BCUT2D eigenvalue weighted by atomic mass is 10.2. The normalized spacial score (nSPS) is 12.8. The Labute approximate surface area is 114 Å². The molecule has 106 valence electrons. The third-order valence-corrected chi connectivity index (χ3v) is 4.65. The Balaban J connectivity index is 2.80. The van der Waals surface area contributed by atoms with Crippen LogP contribution in [0.2, 0.25) is 0 Å². The Morgan fingerprint density at radius 1 is 1.26 bits per heavy atom. The van der Waals surface area contributed by atoms with Crippen molar-refractivity contribution in [3.05, 3.63) is 24.3 Å². The number of carbonyl (C=O) groups excluding carboxylic acids is 1. The fraction of sp³-hybridized carbons (Fsp3) is 0.462. The van der Waals surface area contributed by atoms with Crippen LogP contribution in [-0.4, -0.2) is 33.2 Å². The van der Waals surface area contributed by atoms with E-state index in [1.807, 2.05) is 6.92 Å². The average molecular weight is 284 g/mol.